The molecule has 1 saturated carbocycles. The maximum absolute atomic E-state index is 13.8. The van der Waals surface area contributed by atoms with E-state index in [2.05, 4.69) is 9.55 Å². The third-order valence-electron chi connectivity index (χ3n) is 4.56. The number of hydrogen-bond acceptors (Lipinski definition) is 2. The van der Waals surface area contributed by atoms with E-state index in [4.69, 9.17) is 16.3 Å². The van der Waals surface area contributed by atoms with Crippen molar-refractivity contribution in [1.29, 1.82) is 0 Å². The largest absolute Gasteiger partial charge is 0.376 e. The highest BCUT2D eigenvalue weighted by molar-refractivity contribution is 6.20. The van der Waals surface area contributed by atoms with E-state index in [0.29, 0.717) is 11.1 Å². The van der Waals surface area contributed by atoms with Gasteiger partial charge in [-0.25, -0.2) is 9.37 Å². The average molecular weight is 311 g/mol. The number of aryl methyl sites for hydroxylation is 1. The highest BCUT2D eigenvalue weighted by Crippen LogP contribution is 2.38. The molecule has 1 heterocycles. The normalized spacial score (nSPS) is 18.7. The van der Waals surface area contributed by atoms with E-state index in [9.17, 15) is 4.39 Å². The molecular weight excluding hydrogens is 291 g/mol. The van der Waals surface area contributed by atoms with Crippen molar-refractivity contribution >= 4 is 22.6 Å². The smallest absolute Gasteiger partial charge is 0.128 e. The van der Waals surface area contributed by atoms with Gasteiger partial charge in [0.1, 0.15) is 11.6 Å². The summed E-state index contributed by atoms with van der Waals surface area (Å²) in [5, 5.41) is -0.227. The molecule has 3 rings (SSSR count). The van der Waals surface area contributed by atoms with Gasteiger partial charge < -0.3 is 9.30 Å². The van der Waals surface area contributed by atoms with Crippen molar-refractivity contribution in [3.8, 4) is 0 Å². The Balaban J connectivity index is 2.13. The SMILES string of the molecule is COC1(Cn2c(C(C)Cl)nc3cc(F)c(C)cc32)CCC1. The molecule has 1 aromatic carbocycles. The van der Waals surface area contributed by atoms with Gasteiger partial charge in [-0.3, -0.25) is 0 Å². The lowest BCUT2D eigenvalue weighted by atomic mass is 9.80. The van der Waals surface area contributed by atoms with Crippen LogP contribution in [0.5, 0.6) is 0 Å². The molecule has 1 aromatic heterocycles. The summed E-state index contributed by atoms with van der Waals surface area (Å²) in [6.45, 7) is 4.38. The molecule has 5 heteroatoms. The highest BCUT2D eigenvalue weighted by Gasteiger charge is 2.38. The van der Waals surface area contributed by atoms with Crippen LogP contribution in [-0.4, -0.2) is 22.3 Å². The molecule has 2 aromatic rings. The molecule has 0 bridgehead atoms. The minimum atomic E-state index is -0.231. The van der Waals surface area contributed by atoms with Gasteiger partial charge >= 0.3 is 0 Å². The number of methoxy groups -OCH3 is 1. The van der Waals surface area contributed by atoms with E-state index in [1.54, 1.807) is 14.0 Å². The maximum atomic E-state index is 13.8. The molecule has 1 aliphatic carbocycles. The van der Waals surface area contributed by atoms with Gasteiger partial charge in [0.25, 0.3) is 0 Å². The van der Waals surface area contributed by atoms with Crippen molar-refractivity contribution in [2.45, 2.75) is 50.6 Å². The van der Waals surface area contributed by atoms with Gasteiger partial charge in [0.15, 0.2) is 0 Å². The van der Waals surface area contributed by atoms with Crippen LogP contribution in [0.3, 0.4) is 0 Å². The van der Waals surface area contributed by atoms with Gasteiger partial charge in [-0.15, -0.1) is 11.6 Å². The minimum absolute atomic E-state index is 0.129. The quantitative estimate of drug-likeness (QED) is 0.785. The van der Waals surface area contributed by atoms with Crippen molar-refractivity contribution < 1.29 is 9.13 Å². The summed E-state index contributed by atoms with van der Waals surface area (Å²) in [7, 11) is 1.76. The zero-order valence-electron chi connectivity index (χ0n) is 12.6. The summed E-state index contributed by atoms with van der Waals surface area (Å²) >= 11 is 6.27. The minimum Gasteiger partial charge on any atom is -0.376 e. The van der Waals surface area contributed by atoms with Gasteiger partial charge in [-0.05, 0) is 44.7 Å². The van der Waals surface area contributed by atoms with E-state index >= 15 is 0 Å². The number of alkyl halides is 1. The fourth-order valence-corrected chi connectivity index (χ4v) is 3.19. The summed E-state index contributed by atoms with van der Waals surface area (Å²) in [5.41, 5.74) is 2.08. The Kier molecular flexibility index (Phi) is 3.70. The van der Waals surface area contributed by atoms with E-state index in [1.807, 2.05) is 13.0 Å². The first-order chi connectivity index (χ1) is 9.96. The molecule has 1 atom stereocenters. The Labute approximate surface area is 129 Å². The number of nitrogens with zero attached hydrogens (tertiary/aromatic N) is 2. The van der Waals surface area contributed by atoms with Crippen LogP contribution in [0, 0.1) is 12.7 Å². The molecule has 21 heavy (non-hydrogen) atoms. The second-order valence-electron chi connectivity index (χ2n) is 6.00. The molecule has 0 saturated heterocycles. The number of benzene rings is 1. The monoisotopic (exact) mass is 310 g/mol. The topological polar surface area (TPSA) is 27.1 Å². The van der Waals surface area contributed by atoms with Gasteiger partial charge in [-0.1, -0.05) is 0 Å². The second kappa shape index (κ2) is 5.25. The van der Waals surface area contributed by atoms with E-state index in [0.717, 1.165) is 30.7 Å². The summed E-state index contributed by atoms with van der Waals surface area (Å²) < 4.78 is 21.6. The number of ether oxygens (including phenoxy) is 1. The van der Waals surface area contributed by atoms with Crippen LogP contribution < -0.4 is 0 Å². The van der Waals surface area contributed by atoms with E-state index < -0.39 is 0 Å². The summed E-state index contributed by atoms with van der Waals surface area (Å²) in [6.07, 6.45) is 3.26. The molecule has 0 radical (unpaired) electrons. The Morgan fingerprint density at radius 2 is 2.19 bits per heavy atom. The van der Waals surface area contributed by atoms with Gasteiger partial charge in [0.2, 0.25) is 0 Å². The number of rotatable bonds is 4. The predicted octanol–water partition coefficient (Wildman–Crippen LogP) is 4.35. The Bertz CT molecular complexity index is 671. The lowest BCUT2D eigenvalue weighted by molar-refractivity contribution is -0.0832. The first-order valence-electron chi connectivity index (χ1n) is 7.31. The molecule has 0 aliphatic heterocycles. The van der Waals surface area contributed by atoms with Crippen LogP contribution in [0.4, 0.5) is 4.39 Å². The van der Waals surface area contributed by atoms with Gasteiger partial charge in [0, 0.05) is 13.2 Å². The van der Waals surface area contributed by atoms with Crippen LogP contribution in [0.2, 0.25) is 0 Å². The summed E-state index contributed by atoms with van der Waals surface area (Å²) in [5.74, 6) is 0.547. The second-order valence-corrected chi connectivity index (χ2v) is 6.66. The van der Waals surface area contributed by atoms with Crippen molar-refractivity contribution in [3.05, 3.63) is 29.3 Å². The number of aromatic nitrogens is 2. The molecule has 0 spiro atoms. The van der Waals surface area contributed by atoms with Crippen LogP contribution >= 0.6 is 11.6 Å². The third kappa shape index (κ3) is 2.44. The van der Waals surface area contributed by atoms with E-state index in [-0.39, 0.29) is 16.8 Å². The number of fused-ring (bicyclic) bond motifs is 1. The average Bonchev–Trinajstić information content (AvgIpc) is 2.73. The number of hydrogen-bond donors (Lipinski definition) is 0. The zero-order chi connectivity index (χ0) is 15.2. The van der Waals surface area contributed by atoms with Crippen LogP contribution in [0.1, 0.15) is 43.0 Å². The maximum Gasteiger partial charge on any atom is 0.128 e. The Morgan fingerprint density at radius 3 is 2.71 bits per heavy atom. The highest BCUT2D eigenvalue weighted by atomic mass is 35.5. The number of imidazole rings is 1. The molecule has 1 fully saturated rings. The molecule has 1 aliphatic rings. The number of halogens is 2. The Morgan fingerprint density at radius 1 is 1.48 bits per heavy atom. The first-order valence-corrected chi connectivity index (χ1v) is 7.75. The Hall–Kier alpha value is -1.13. The van der Waals surface area contributed by atoms with Crippen molar-refractivity contribution in [1.82, 2.24) is 9.55 Å². The molecule has 1 unspecified atom stereocenters. The molecule has 114 valence electrons. The molecule has 3 nitrogen and oxygen atoms in total. The zero-order valence-corrected chi connectivity index (χ0v) is 13.4. The van der Waals surface area contributed by atoms with Crippen LogP contribution in [0.25, 0.3) is 11.0 Å². The fourth-order valence-electron chi connectivity index (χ4n) is 3.02. The van der Waals surface area contributed by atoms with Gasteiger partial charge in [-0.2, -0.15) is 0 Å². The summed E-state index contributed by atoms with van der Waals surface area (Å²) in [4.78, 5) is 4.53. The standard InChI is InChI=1S/C16H20ClFN2O/c1-10-7-14-13(8-12(10)18)19-15(11(2)17)20(14)9-16(21-3)5-4-6-16/h7-8,11H,4-6,9H2,1-3H3. The van der Waals surface area contributed by atoms with Crippen molar-refractivity contribution in [2.75, 3.05) is 7.11 Å². The van der Waals surface area contributed by atoms with Gasteiger partial charge in [0.05, 0.1) is 28.6 Å². The van der Waals surface area contributed by atoms with E-state index in [1.165, 1.54) is 12.5 Å². The summed E-state index contributed by atoms with van der Waals surface area (Å²) in [6, 6.07) is 3.34. The molecule has 0 amide bonds. The first kappa shape index (κ1) is 14.8. The lowest BCUT2D eigenvalue weighted by Crippen LogP contribution is -2.43. The lowest BCUT2D eigenvalue weighted by Gasteiger charge is -2.41. The van der Waals surface area contributed by atoms with Crippen molar-refractivity contribution in [3.63, 3.8) is 0 Å². The molecule has 0 N–H and O–H groups in total. The molecular formula is C16H20ClFN2O. The van der Waals surface area contributed by atoms with Crippen LogP contribution in [-0.2, 0) is 11.3 Å². The predicted molar refractivity (Wildman–Crippen MR) is 82.3 cm³/mol. The third-order valence-corrected chi connectivity index (χ3v) is 4.75. The fraction of sp³-hybridized carbons (Fsp3) is 0.562. The van der Waals surface area contributed by atoms with Crippen LogP contribution in [0.15, 0.2) is 12.1 Å². The van der Waals surface area contributed by atoms with Crippen molar-refractivity contribution in [2.24, 2.45) is 0 Å².